The number of likely N-dealkylation sites (tertiary alicyclic amines) is 1. The molecule has 1 aromatic carbocycles. The number of amides is 1. The van der Waals surface area contributed by atoms with E-state index in [0.717, 1.165) is 75.5 Å². The summed E-state index contributed by atoms with van der Waals surface area (Å²) in [6.07, 6.45) is 13.4. The molecule has 2 N–H and O–H groups in total. The predicted molar refractivity (Wildman–Crippen MR) is 181 cm³/mol. The zero-order valence-electron chi connectivity index (χ0n) is 27.7. The van der Waals surface area contributed by atoms with Crippen LogP contribution in [0.5, 0.6) is 5.75 Å². The quantitative estimate of drug-likeness (QED) is 0.117. The fraction of sp³-hybridized carbons (Fsp3) is 0.600. The van der Waals surface area contributed by atoms with Gasteiger partial charge in [-0.2, -0.15) is 0 Å². The number of allylic oxidation sites excluding steroid dienone is 1. The van der Waals surface area contributed by atoms with Gasteiger partial charge in [0.1, 0.15) is 24.7 Å². The maximum atomic E-state index is 11.8. The molecule has 1 amide bonds. The number of hydrogen-bond acceptors (Lipinski definition) is 7. The Hall–Kier alpha value is -3.64. The summed E-state index contributed by atoms with van der Waals surface area (Å²) in [6.45, 7) is 17.1. The molecule has 244 valence electrons. The van der Waals surface area contributed by atoms with Crippen LogP contribution in [0.2, 0.25) is 0 Å². The van der Waals surface area contributed by atoms with E-state index in [1.165, 1.54) is 12.1 Å². The highest BCUT2D eigenvalue weighted by atomic mass is 16.5. The Morgan fingerprint density at radius 3 is 2.20 bits per heavy atom. The van der Waals surface area contributed by atoms with Crippen molar-refractivity contribution in [1.82, 2.24) is 9.80 Å². The first-order valence-corrected chi connectivity index (χ1v) is 15.9. The van der Waals surface area contributed by atoms with Gasteiger partial charge in [-0.1, -0.05) is 40.0 Å². The van der Waals surface area contributed by atoms with Gasteiger partial charge >= 0.3 is 0 Å². The van der Waals surface area contributed by atoms with Crippen LogP contribution in [0.4, 0.5) is 5.69 Å². The third kappa shape index (κ3) is 12.2. The number of nitrogens with two attached hydrogens (primary N) is 1. The van der Waals surface area contributed by atoms with Crippen LogP contribution in [0.15, 0.2) is 41.0 Å². The number of terminal acetylenes is 1. The molecule has 3 rings (SSSR count). The third-order valence-corrected chi connectivity index (χ3v) is 8.49. The number of ether oxygens (including phenoxy) is 1. The molecule has 2 aliphatic rings. The van der Waals surface area contributed by atoms with Crippen LogP contribution in [0, 0.1) is 23.7 Å². The van der Waals surface area contributed by atoms with Crippen molar-refractivity contribution in [3.63, 3.8) is 0 Å². The first kappa shape index (κ1) is 38.4. The molecule has 2 fully saturated rings. The molecule has 0 spiro atoms. The largest absolute Gasteiger partial charge is 0.494 e. The van der Waals surface area contributed by atoms with E-state index in [2.05, 4.69) is 77.7 Å². The Labute approximate surface area is 265 Å². The minimum atomic E-state index is -0.706. The van der Waals surface area contributed by atoms with Crippen LogP contribution in [0.25, 0.3) is 0 Å². The highest BCUT2D eigenvalue weighted by Gasteiger charge is 2.40. The summed E-state index contributed by atoms with van der Waals surface area (Å²) in [4.78, 5) is 42.4. The molecular formula is C35H55N5O4. The molecule has 1 unspecified atom stereocenters. The highest BCUT2D eigenvalue weighted by molar-refractivity contribution is 5.87. The van der Waals surface area contributed by atoms with Crippen molar-refractivity contribution in [2.75, 3.05) is 57.8 Å². The molecule has 9 nitrogen and oxygen atoms in total. The average Bonchev–Trinajstić information content (AvgIpc) is 3.05. The van der Waals surface area contributed by atoms with Crippen LogP contribution in [0.3, 0.4) is 0 Å². The van der Waals surface area contributed by atoms with Crippen LogP contribution in [-0.2, 0) is 14.4 Å². The summed E-state index contributed by atoms with van der Waals surface area (Å²) in [5.41, 5.74) is 7.02. The Balaban J connectivity index is 0.000000430. The second-order valence-electron chi connectivity index (χ2n) is 11.4. The van der Waals surface area contributed by atoms with E-state index >= 15 is 0 Å². The number of aliphatic imine (C=N–C) groups is 1. The predicted octanol–water partition coefficient (Wildman–Crippen LogP) is 4.95. The summed E-state index contributed by atoms with van der Waals surface area (Å²) in [6, 6.07) is 8.52. The number of hydrogen-bond donors (Lipinski definition) is 1. The van der Waals surface area contributed by atoms with E-state index in [4.69, 9.17) is 21.7 Å². The number of likely N-dealkylation sites (N-methyl/N-ethyl adjacent to an activating group) is 1. The van der Waals surface area contributed by atoms with Gasteiger partial charge < -0.3 is 34.8 Å². The van der Waals surface area contributed by atoms with Crippen molar-refractivity contribution in [2.45, 2.75) is 72.6 Å². The molecule has 2 aliphatic heterocycles. The Bertz CT molecular complexity index is 1080. The summed E-state index contributed by atoms with van der Waals surface area (Å²) < 4.78 is 5.68. The van der Waals surface area contributed by atoms with E-state index < -0.39 is 5.41 Å². The summed E-state index contributed by atoms with van der Waals surface area (Å²) >= 11 is 0. The monoisotopic (exact) mass is 609 g/mol. The zero-order chi connectivity index (χ0) is 33.0. The second-order valence-corrected chi connectivity index (χ2v) is 11.4. The van der Waals surface area contributed by atoms with Gasteiger partial charge in [-0.25, -0.2) is 4.99 Å². The number of benzene rings is 1. The van der Waals surface area contributed by atoms with Gasteiger partial charge in [-0.15, -0.1) is 6.42 Å². The number of amidine groups is 1. The lowest BCUT2D eigenvalue weighted by Gasteiger charge is -2.41. The first-order chi connectivity index (χ1) is 21.2. The van der Waals surface area contributed by atoms with E-state index in [9.17, 15) is 9.59 Å². The number of piperidine rings is 1. The van der Waals surface area contributed by atoms with Crippen LogP contribution < -0.4 is 15.4 Å². The number of aldehydes is 1. The molecule has 1 atom stereocenters. The molecular weight excluding hydrogens is 554 g/mol. The van der Waals surface area contributed by atoms with Gasteiger partial charge in [0, 0.05) is 69.1 Å². The Morgan fingerprint density at radius 2 is 1.73 bits per heavy atom. The molecule has 9 heteroatoms. The number of anilines is 1. The fourth-order valence-electron chi connectivity index (χ4n) is 5.10. The van der Waals surface area contributed by atoms with E-state index in [0.29, 0.717) is 31.8 Å². The highest BCUT2D eigenvalue weighted by Crippen LogP contribution is 2.35. The Kier molecular flexibility index (Phi) is 18.4. The number of carbonyl (C=O) groups is 3. The molecule has 2 saturated heterocycles. The van der Waals surface area contributed by atoms with Gasteiger partial charge in [0.05, 0.1) is 12.0 Å². The van der Waals surface area contributed by atoms with Crippen molar-refractivity contribution in [2.24, 2.45) is 22.1 Å². The summed E-state index contributed by atoms with van der Waals surface area (Å²) in [7, 11) is 2.18. The summed E-state index contributed by atoms with van der Waals surface area (Å²) in [5.74, 6) is 4.54. The van der Waals surface area contributed by atoms with Crippen LogP contribution in [-0.4, -0.2) is 87.5 Å². The molecule has 0 saturated carbocycles. The number of piperazine rings is 1. The smallest absolute Gasteiger partial charge is 0.224 e. The van der Waals surface area contributed by atoms with Crippen molar-refractivity contribution in [3.8, 4) is 18.1 Å². The third-order valence-electron chi connectivity index (χ3n) is 8.49. The molecule has 0 bridgehead atoms. The number of carbonyl (C=O) groups excluding carboxylic acids is 3. The van der Waals surface area contributed by atoms with Gasteiger partial charge in [0.15, 0.2) is 0 Å². The lowest BCUT2D eigenvalue weighted by atomic mass is 9.75. The van der Waals surface area contributed by atoms with E-state index in [1.54, 1.807) is 6.20 Å². The molecule has 0 radical (unpaired) electrons. The summed E-state index contributed by atoms with van der Waals surface area (Å²) in [5, 5.41) is 0. The molecule has 2 heterocycles. The van der Waals surface area contributed by atoms with E-state index in [1.807, 2.05) is 13.7 Å². The maximum absolute atomic E-state index is 11.8. The molecule has 1 aromatic rings. The van der Waals surface area contributed by atoms with Gasteiger partial charge in [0.2, 0.25) is 5.91 Å². The van der Waals surface area contributed by atoms with Gasteiger partial charge in [-0.05, 0) is 63.4 Å². The van der Waals surface area contributed by atoms with Crippen molar-refractivity contribution < 1.29 is 19.1 Å². The van der Waals surface area contributed by atoms with Crippen molar-refractivity contribution >= 4 is 30.5 Å². The van der Waals surface area contributed by atoms with E-state index in [-0.39, 0.29) is 12.3 Å². The second kappa shape index (κ2) is 21.1. The molecule has 0 aliphatic carbocycles. The number of unbranched alkanes of at least 4 members (excludes halogenated alkanes) is 1. The molecule has 44 heavy (non-hydrogen) atoms. The lowest BCUT2D eigenvalue weighted by molar-refractivity contribution is -0.132. The number of rotatable bonds is 12. The maximum Gasteiger partial charge on any atom is 0.224 e. The normalized spacial score (nSPS) is 17.6. The van der Waals surface area contributed by atoms with Crippen LogP contribution >= 0.6 is 0 Å². The fourth-order valence-corrected chi connectivity index (χ4v) is 5.10. The van der Waals surface area contributed by atoms with Gasteiger partial charge in [0.25, 0.3) is 0 Å². The minimum absolute atomic E-state index is 0.197. The SMILES string of the molecule is C#C/C(=C\N=C(C(C)CC)N1CCC(CC=O)(C(N)=O)CC1)CC.C=O.CCCCOc1ccc(N2CCN(C)CC2)cc1. The first-order valence-electron chi connectivity index (χ1n) is 15.9. The van der Waals surface area contributed by atoms with Crippen LogP contribution in [0.1, 0.15) is 72.6 Å². The lowest BCUT2D eigenvalue weighted by Crippen LogP contribution is -2.50. The number of primary amides is 1. The Morgan fingerprint density at radius 1 is 1.11 bits per heavy atom. The zero-order valence-corrected chi connectivity index (χ0v) is 27.7. The average molecular weight is 610 g/mol. The van der Waals surface area contributed by atoms with Crippen molar-refractivity contribution in [3.05, 3.63) is 36.0 Å². The standard InChI is InChI=1S/C19H29N3O2.C15H24N2O.CH2O/c1-5-15(4)17(21-14-16(6-2)7-3)22-11-8-19(9-12-22,10-13-23)18(20)24;1-3-4-13-18-15-7-5-14(6-8-15)17-11-9-16(2)10-12-17;1-2/h2,13-15H,5,7-12H2,1,3-4H3,(H2,20,24);5-8H,3-4,9-13H2,1-2H3;1H2/b16-14+,21-17?;;. The van der Waals surface area contributed by atoms with Crippen molar-refractivity contribution in [1.29, 1.82) is 0 Å². The minimum Gasteiger partial charge on any atom is -0.494 e. The van der Waals surface area contributed by atoms with Gasteiger partial charge in [-0.3, -0.25) is 4.79 Å². The topological polar surface area (TPSA) is 109 Å². The molecule has 0 aromatic heterocycles. The number of nitrogens with zero attached hydrogens (tertiary/aromatic N) is 4.